The van der Waals surface area contributed by atoms with Crippen LogP contribution in [0.15, 0.2) is 47.5 Å². The number of fused-ring (bicyclic) bond motifs is 3. The van der Waals surface area contributed by atoms with E-state index in [1.165, 1.54) is 22.3 Å². The molecule has 0 amide bonds. The highest BCUT2D eigenvalue weighted by Gasteiger charge is 2.24. The van der Waals surface area contributed by atoms with Gasteiger partial charge in [-0.15, -0.1) is 0 Å². The molecule has 1 aliphatic carbocycles. The summed E-state index contributed by atoms with van der Waals surface area (Å²) in [4.78, 5) is 4.73. The van der Waals surface area contributed by atoms with Gasteiger partial charge in [-0.1, -0.05) is 44.2 Å². The Hall–Kier alpha value is -2.09. The summed E-state index contributed by atoms with van der Waals surface area (Å²) in [6.07, 6.45) is 1.01. The molecule has 2 aromatic rings. The predicted molar refractivity (Wildman–Crippen MR) is 85.8 cm³/mol. The first-order chi connectivity index (χ1) is 10.2. The van der Waals surface area contributed by atoms with Crippen LogP contribution in [-0.2, 0) is 11.2 Å². The molecule has 106 valence electrons. The minimum atomic E-state index is 0.297. The molecule has 2 nitrogen and oxygen atoms in total. The van der Waals surface area contributed by atoms with Crippen molar-refractivity contribution in [2.24, 2.45) is 10.9 Å². The van der Waals surface area contributed by atoms with Gasteiger partial charge in [0.2, 0.25) is 5.90 Å². The lowest BCUT2D eigenvalue weighted by Crippen LogP contribution is -2.13. The highest BCUT2D eigenvalue weighted by atomic mass is 16.5. The third-order valence-electron chi connectivity index (χ3n) is 4.48. The third kappa shape index (κ3) is 2.06. The number of nitrogens with zero attached hydrogens (tertiary/aromatic N) is 1. The highest BCUT2D eigenvalue weighted by molar-refractivity contribution is 5.96. The summed E-state index contributed by atoms with van der Waals surface area (Å²) in [5, 5.41) is 0. The fourth-order valence-corrected chi connectivity index (χ4v) is 3.17. The summed E-state index contributed by atoms with van der Waals surface area (Å²) < 4.78 is 5.80. The minimum Gasteiger partial charge on any atom is -0.475 e. The van der Waals surface area contributed by atoms with Crippen LogP contribution in [0, 0.1) is 5.92 Å². The fourth-order valence-electron chi connectivity index (χ4n) is 3.17. The second kappa shape index (κ2) is 4.73. The van der Waals surface area contributed by atoms with Crippen LogP contribution in [-0.4, -0.2) is 18.5 Å². The number of hydrogen-bond acceptors (Lipinski definition) is 2. The molecule has 0 radical (unpaired) electrons. The van der Waals surface area contributed by atoms with E-state index >= 15 is 0 Å². The van der Waals surface area contributed by atoms with Gasteiger partial charge in [-0.3, -0.25) is 0 Å². The van der Waals surface area contributed by atoms with Crippen LogP contribution in [0.2, 0.25) is 0 Å². The third-order valence-corrected chi connectivity index (χ3v) is 4.48. The molecule has 2 aliphatic rings. The Balaban J connectivity index is 1.70. The standard InChI is InChI=1S/C19H19NO/c1-12(2)18-11-21-19(20-18)14-7-8-17-15(10-14)9-13-5-3-4-6-16(13)17/h3-8,10,12,18H,9,11H2,1-2H3/t18-/m1/s1. The van der Waals surface area contributed by atoms with E-state index in [1.807, 2.05) is 0 Å². The Bertz CT molecular complexity index is 730. The molecule has 0 bridgehead atoms. The van der Waals surface area contributed by atoms with Gasteiger partial charge in [0.25, 0.3) is 0 Å². The molecule has 0 fully saturated rings. The van der Waals surface area contributed by atoms with E-state index in [0.29, 0.717) is 18.6 Å². The average Bonchev–Trinajstić information content (AvgIpc) is 3.11. The van der Waals surface area contributed by atoms with E-state index < -0.39 is 0 Å². The van der Waals surface area contributed by atoms with Crippen molar-refractivity contribution in [3.8, 4) is 11.1 Å². The molecule has 2 aromatic carbocycles. The largest absolute Gasteiger partial charge is 0.475 e. The van der Waals surface area contributed by atoms with Gasteiger partial charge in [-0.05, 0) is 46.7 Å². The van der Waals surface area contributed by atoms with Crippen molar-refractivity contribution in [2.45, 2.75) is 26.3 Å². The lowest BCUT2D eigenvalue weighted by atomic mass is 10.0. The van der Waals surface area contributed by atoms with Gasteiger partial charge in [-0.25, -0.2) is 4.99 Å². The summed E-state index contributed by atoms with van der Waals surface area (Å²) in [5.41, 5.74) is 6.64. The van der Waals surface area contributed by atoms with Gasteiger partial charge < -0.3 is 4.74 Å². The summed E-state index contributed by atoms with van der Waals surface area (Å²) >= 11 is 0. The maximum absolute atomic E-state index is 5.80. The van der Waals surface area contributed by atoms with Crippen LogP contribution in [0.1, 0.15) is 30.5 Å². The van der Waals surface area contributed by atoms with Crippen molar-refractivity contribution >= 4 is 5.90 Å². The SMILES string of the molecule is CC(C)[C@H]1COC(c2ccc3c(c2)Cc2ccccc2-3)=N1. The fraction of sp³-hybridized carbons (Fsp3) is 0.316. The van der Waals surface area contributed by atoms with Gasteiger partial charge in [0.05, 0.1) is 6.04 Å². The molecular weight excluding hydrogens is 258 g/mol. The molecule has 2 heteroatoms. The van der Waals surface area contributed by atoms with Crippen molar-refractivity contribution in [3.05, 3.63) is 59.2 Å². The first-order valence-corrected chi connectivity index (χ1v) is 7.64. The molecule has 0 saturated carbocycles. The molecule has 0 N–H and O–H groups in total. The van der Waals surface area contributed by atoms with Gasteiger partial charge in [0, 0.05) is 5.56 Å². The molecule has 0 unspecified atom stereocenters. The Morgan fingerprint density at radius 2 is 1.86 bits per heavy atom. The molecule has 0 saturated heterocycles. The molecule has 4 rings (SSSR count). The number of rotatable bonds is 2. The first-order valence-electron chi connectivity index (χ1n) is 7.64. The van der Waals surface area contributed by atoms with Crippen LogP contribution in [0.5, 0.6) is 0 Å². The second-order valence-corrected chi connectivity index (χ2v) is 6.26. The normalized spacial score (nSPS) is 19.2. The quantitative estimate of drug-likeness (QED) is 0.692. The Kier molecular flexibility index (Phi) is 2.85. The van der Waals surface area contributed by atoms with E-state index in [9.17, 15) is 0 Å². The number of hydrogen-bond donors (Lipinski definition) is 0. The summed E-state index contributed by atoms with van der Waals surface area (Å²) in [7, 11) is 0. The van der Waals surface area contributed by atoms with Crippen molar-refractivity contribution in [2.75, 3.05) is 6.61 Å². The summed E-state index contributed by atoms with van der Waals surface area (Å²) in [6, 6.07) is 15.5. The molecule has 1 aliphatic heterocycles. The molecule has 0 aromatic heterocycles. The van der Waals surface area contributed by atoms with Crippen molar-refractivity contribution in [1.82, 2.24) is 0 Å². The Morgan fingerprint density at radius 1 is 1.05 bits per heavy atom. The maximum atomic E-state index is 5.80. The molecule has 1 atom stereocenters. The zero-order chi connectivity index (χ0) is 14.4. The van der Waals surface area contributed by atoms with Gasteiger partial charge in [0.15, 0.2) is 0 Å². The Labute approximate surface area is 125 Å². The molecular formula is C19H19NO. The van der Waals surface area contributed by atoms with Gasteiger partial charge in [0.1, 0.15) is 6.61 Å². The summed E-state index contributed by atoms with van der Waals surface area (Å²) in [6.45, 7) is 5.10. The minimum absolute atomic E-state index is 0.297. The van der Waals surface area contributed by atoms with Crippen molar-refractivity contribution < 1.29 is 4.74 Å². The maximum Gasteiger partial charge on any atom is 0.216 e. The van der Waals surface area contributed by atoms with E-state index in [0.717, 1.165) is 17.9 Å². The predicted octanol–water partition coefficient (Wildman–Crippen LogP) is 4.06. The lowest BCUT2D eigenvalue weighted by molar-refractivity contribution is 0.292. The van der Waals surface area contributed by atoms with E-state index in [4.69, 9.17) is 9.73 Å². The van der Waals surface area contributed by atoms with Gasteiger partial charge in [-0.2, -0.15) is 0 Å². The van der Waals surface area contributed by atoms with Crippen LogP contribution >= 0.6 is 0 Å². The number of ether oxygens (including phenoxy) is 1. The number of benzene rings is 2. The number of aliphatic imine (C=N–C) groups is 1. The molecule has 1 heterocycles. The molecule has 21 heavy (non-hydrogen) atoms. The van der Waals surface area contributed by atoms with Crippen LogP contribution in [0.25, 0.3) is 11.1 Å². The molecule has 0 spiro atoms. The highest BCUT2D eigenvalue weighted by Crippen LogP contribution is 2.37. The van der Waals surface area contributed by atoms with Crippen LogP contribution in [0.4, 0.5) is 0 Å². The smallest absolute Gasteiger partial charge is 0.216 e. The van der Waals surface area contributed by atoms with Crippen LogP contribution in [0.3, 0.4) is 0 Å². The van der Waals surface area contributed by atoms with Crippen molar-refractivity contribution in [1.29, 1.82) is 0 Å². The zero-order valence-corrected chi connectivity index (χ0v) is 12.5. The van der Waals surface area contributed by atoms with E-state index in [1.54, 1.807) is 0 Å². The monoisotopic (exact) mass is 277 g/mol. The lowest BCUT2D eigenvalue weighted by Gasteiger charge is -2.06. The van der Waals surface area contributed by atoms with E-state index in [2.05, 4.69) is 56.3 Å². The van der Waals surface area contributed by atoms with E-state index in [-0.39, 0.29) is 0 Å². The topological polar surface area (TPSA) is 21.6 Å². The summed E-state index contributed by atoms with van der Waals surface area (Å²) in [5.74, 6) is 1.34. The van der Waals surface area contributed by atoms with Crippen LogP contribution < -0.4 is 0 Å². The second-order valence-electron chi connectivity index (χ2n) is 6.26. The van der Waals surface area contributed by atoms with Gasteiger partial charge >= 0.3 is 0 Å². The van der Waals surface area contributed by atoms with Crippen molar-refractivity contribution in [3.63, 3.8) is 0 Å². The zero-order valence-electron chi connectivity index (χ0n) is 12.5. The first kappa shape index (κ1) is 12.6. The average molecular weight is 277 g/mol. The Morgan fingerprint density at radius 3 is 2.67 bits per heavy atom.